The zero-order valence-corrected chi connectivity index (χ0v) is 24.4. The highest BCUT2D eigenvalue weighted by atomic mass is 16.6. The number of amides is 3. The normalized spacial score (nSPS) is 14.7. The van der Waals surface area contributed by atoms with E-state index in [-0.39, 0.29) is 24.8 Å². The van der Waals surface area contributed by atoms with Crippen LogP contribution in [0.15, 0.2) is 48.5 Å². The Balaban J connectivity index is 2.03. The molecule has 2 unspecified atom stereocenters. The molecular weight excluding hydrogens is 526 g/mol. The Morgan fingerprint density at radius 1 is 1.00 bits per heavy atom. The summed E-state index contributed by atoms with van der Waals surface area (Å²) < 4.78 is 10.1. The number of aryl methyl sites for hydroxylation is 1. The molecule has 2 aromatic carbocycles. The number of esters is 1. The molecule has 0 bridgehead atoms. The number of benzene rings is 2. The summed E-state index contributed by atoms with van der Waals surface area (Å²) in [6.07, 6.45) is 2.42. The summed E-state index contributed by atoms with van der Waals surface area (Å²) in [4.78, 5) is 54.4. The fraction of sp³-hybridized carbons (Fsp3) is 0.484. The molecule has 2 atom stereocenters. The minimum absolute atomic E-state index is 0.0747. The van der Waals surface area contributed by atoms with Crippen LogP contribution in [0.25, 0.3) is 0 Å². The lowest BCUT2D eigenvalue weighted by Crippen LogP contribution is -2.58. The Kier molecular flexibility index (Phi) is 10.7. The lowest BCUT2D eigenvalue weighted by molar-refractivity contribution is -0.148. The van der Waals surface area contributed by atoms with Gasteiger partial charge in [0.1, 0.15) is 30.0 Å². The average molecular weight is 568 g/mol. The van der Waals surface area contributed by atoms with Crippen molar-refractivity contribution in [3.8, 4) is 5.75 Å². The number of methoxy groups -OCH3 is 1. The van der Waals surface area contributed by atoms with Crippen molar-refractivity contribution >= 4 is 23.9 Å². The van der Waals surface area contributed by atoms with Gasteiger partial charge in [0.25, 0.3) is 0 Å². The molecule has 3 amide bonds. The van der Waals surface area contributed by atoms with Crippen molar-refractivity contribution < 1.29 is 33.8 Å². The second kappa shape index (κ2) is 14.0. The molecule has 0 aliphatic heterocycles. The number of aromatic hydroxyl groups is 1. The fourth-order valence-corrected chi connectivity index (χ4v) is 4.58. The maximum Gasteiger partial charge on any atom is 0.408 e. The van der Waals surface area contributed by atoms with Crippen LogP contribution in [0.5, 0.6) is 5.75 Å². The Labute approximate surface area is 241 Å². The zero-order chi connectivity index (χ0) is 30.2. The Morgan fingerprint density at radius 2 is 1.61 bits per heavy atom. The van der Waals surface area contributed by atoms with E-state index in [1.165, 1.54) is 19.2 Å². The van der Waals surface area contributed by atoms with Crippen LogP contribution in [-0.4, -0.2) is 65.2 Å². The second-order valence-electron chi connectivity index (χ2n) is 11.2. The van der Waals surface area contributed by atoms with E-state index in [0.717, 1.165) is 18.4 Å². The third kappa shape index (κ3) is 8.96. The summed E-state index contributed by atoms with van der Waals surface area (Å²) in [5.41, 5.74) is 1.57. The SMILES string of the molecule is CCc1ccc(C(C(=O)NCC(=O)OC)N(C(=O)C(Cc2ccc(O)cc2)NC(=O)OC(C)(C)C)C2CCC2)cc1. The Morgan fingerprint density at radius 3 is 2.12 bits per heavy atom. The van der Waals surface area contributed by atoms with Gasteiger partial charge in [-0.05, 0) is 75.3 Å². The molecule has 41 heavy (non-hydrogen) atoms. The number of rotatable bonds is 11. The van der Waals surface area contributed by atoms with Crippen molar-refractivity contribution in [2.24, 2.45) is 0 Å². The maximum absolute atomic E-state index is 14.4. The van der Waals surface area contributed by atoms with Gasteiger partial charge in [-0.1, -0.05) is 43.3 Å². The van der Waals surface area contributed by atoms with Gasteiger partial charge in [-0.3, -0.25) is 14.4 Å². The van der Waals surface area contributed by atoms with Gasteiger partial charge in [0, 0.05) is 12.5 Å². The van der Waals surface area contributed by atoms with Crippen molar-refractivity contribution in [2.45, 2.75) is 83.5 Å². The molecule has 1 aliphatic rings. The van der Waals surface area contributed by atoms with Gasteiger partial charge in [-0.15, -0.1) is 0 Å². The van der Waals surface area contributed by atoms with Gasteiger partial charge in [0.15, 0.2) is 0 Å². The quantitative estimate of drug-likeness (QED) is 0.352. The number of hydrogen-bond donors (Lipinski definition) is 3. The van der Waals surface area contributed by atoms with E-state index in [2.05, 4.69) is 15.4 Å². The zero-order valence-electron chi connectivity index (χ0n) is 24.4. The van der Waals surface area contributed by atoms with Crippen LogP contribution in [0.3, 0.4) is 0 Å². The number of alkyl carbamates (subject to hydrolysis) is 1. The van der Waals surface area contributed by atoms with E-state index in [1.807, 2.05) is 31.2 Å². The second-order valence-corrected chi connectivity index (χ2v) is 11.2. The lowest BCUT2D eigenvalue weighted by atomic mass is 9.87. The third-order valence-electron chi connectivity index (χ3n) is 6.95. The first kappa shape index (κ1) is 31.4. The average Bonchev–Trinajstić information content (AvgIpc) is 2.90. The highest BCUT2D eigenvalue weighted by Crippen LogP contribution is 2.34. The van der Waals surface area contributed by atoms with E-state index in [4.69, 9.17) is 4.74 Å². The largest absolute Gasteiger partial charge is 0.508 e. The molecule has 2 aromatic rings. The molecule has 0 saturated heterocycles. The first-order chi connectivity index (χ1) is 19.4. The number of carbonyl (C=O) groups is 4. The summed E-state index contributed by atoms with van der Waals surface area (Å²) in [5.74, 6) is -1.52. The van der Waals surface area contributed by atoms with Crippen molar-refractivity contribution in [3.05, 3.63) is 65.2 Å². The van der Waals surface area contributed by atoms with Crippen LogP contribution in [0.2, 0.25) is 0 Å². The summed E-state index contributed by atoms with van der Waals surface area (Å²) in [6.45, 7) is 6.86. The smallest absolute Gasteiger partial charge is 0.408 e. The predicted octanol–water partition coefficient (Wildman–Crippen LogP) is 3.80. The van der Waals surface area contributed by atoms with Gasteiger partial charge in [-0.25, -0.2) is 4.79 Å². The van der Waals surface area contributed by atoms with Crippen molar-refractivity contribution in [3.63, 3.8) is 0 Å². The van der Waals surface area contributed by atoms with Crippen LogP contribution in [0.4, 0.5) is 4.79 Å². The fourth-order valence-electron chi connectivity index (χ4n) is 4.58. The highest BCUT2D eigenvalue weighted by molar-refractivity contribution is 5.93. The number of nitrogens with zero attached hydrogens (tertiary/aromatic N) is 1. The van der Waals surface area contributed by atoms with E-state index in [9.17, 15) is 24.3 Å². The first-order valence-electron chi connectivity index (χ1n) is 13.9. The molecule has 0 aromatic heterocycles. The first-order valence-corrected chi connectivity index (χ1v) is 13.9. The molecule has 10 heteroatoms. The molecule has 0 spiro atoms. The van der Waals surface area contributed by atoms with E-state index in [0.29, 0.717) is 24.0 Å². The van der Waals surface area contributed by atoms with Crippen molar-refractivity contribution in [1.29, 1.82) is 0 Å². The van der Waals surface area contributed by atoms with Crippen molar-refractivity contribution in [1.82, 2.24) is 15.5 Å². The minimum Gasteiger partial charge on any atom is -0.508 e. The lowest BCUT2D eigenvalue weighted by Gasteiger charge is -2.43. The summed E-state index contributed by atoms with van der Waals surface area (Å²) >= 11 is 0. The third-order valence-corrected chi connectivity index (χ3v) is 6.95. The molecule has 222 valence electrons. The maximum atomic E-state index is 14.4. The molecule has 1 aliphatic carbocycles. The van der Waals surface area contributed by atoms with Crippen LogP contribution >= 0.6 is 0 Å². The van der Waals surface area contributed by atoms with Crippen molar-refractivity contribution in [2.75, 3.05) is 13.7 Å². The number of phenols is 1. The number of phenolic OH excluding ortho intramolecular Hbond substituents is 1. The van der Waals surface area contributed by atoms with Crippen LogP contribution in [0, 0.1) is 0 Å². The van der Waals surface area contributed by atoms with Gasteiger partial charge in [0.05, 0.1) is 7.11 Å². The van der Waals surface area contributed by atoms with E-state index < -0.39 is 41.6 Å². The Bertz CT molecular complexity index is 1200. The molecule has 3 N–H and O–H groups in total. The molecular formula is C31H41N3O7. The van der Waals surface area contributed by atoms with E-state index >= 15 is 0 Å². The molecule has 1 fully saturated rings. The van der Waals surface area contributed by atoms with Gasteiger partial charge < -0.3 is 30.1 Å². The molecule has 3 rings (SSSR count). The van der Waals surface area contributed by atoms with Gasteiger partial charge in [-0.2, -0.15) is 0 Å². The molecule has 10 nitrogen and oxygen atoms in total. The van der Waals surface area contributed by atoms with Crippen LogP contribution in [-0.2, 0) is 36.7 Å². The predicted molar refractivity (Wildman–Crippen MR) is 153 cm³/mol. The van der Waals surface area contributed by atoms with Gasteiger partial charge >= 0.3 is 12.1 Å². The number of ether oxygens (including phenoxy) is 2. The van der Waals surface area contributed by atoms with Crippen LogP contribution in [0.1, 0.15) is 69.7 Å². The minimum atomic E-state index is -1.07. The molecule has 0 radical (unpaired) electrons. The Hall–Kier alpha value is -4.08. The number of hydrogen-bond acceptors (Lipinski definition) is 7. The summed E-state index contributed by atoms with van der Waals surface area (Å²) in [7, 11) is 1.23. The molecule has 0 heterocycles. The van der Waals surface area contributed by atoms with E-state index in [1.54, 1.807) is 37.8 Å². The monoisotopic (exact) mass is 567 g/mol. The highest BCUT2D eigenvalue weighted by Gasteiger charge is 2.42. The summed E-state index contributed by atoms with van der Waals surface area (Å²) in [6, 6.07) is 11.4. The number of nitrogens with one attached hydrogen (secondary N) is 2. The standard InChI is InChI=1S/C31H41N3O7/c1-6-20-10-14-22(15-11-20)27(28(37)32-19-26(36)40-5)34(23-8-7-9-23)29(38)25(33-30(39)41-31(2,3)4)18-21-12-16-24(35)17-13-21/h10-17,23,25,27,35H,6-9,18-19H2,1-5H3,(H,32,37)(H,33,39). The summed E-state index contributed by atoms with van der Waals surface area (Å²) in [5, 5.41) is 15.1. The topological polar surface area (TPSA) is 134 Å². The molecule has 1 saturated carbocycles. The van der Waals surface area contributed by atoms with Gasteiger partial charge in [0.2, 0.25) is 11.8 Å². The van der Waals surface area contributed by atoms with Crippen LogP contribution < -0.4 is 10.6 Å². The number of carbonyl (C=O) groups excluding carboxylic acids is 4.